The number of anilines is 1. The largest absolute Gasteiger partial charge is 0.481 e. The summed E-state index contributed by atoms with van der Waals surface area (Å²) in [5.74, 6) is 0.496. The molecule has 0 radical (unpaired) electrons. The van der Waals surface area contributed by atoms with Crippen molar-refractivity contribution in [2.24, 2.45) is 0 Å². The number of carbonyl (C=O) groups is 2. The summed E-state index contributed by atoms with van der Waals surface area (Å²) in [7, 11) is 1.62. The normalized spacial score (nSPS) is 11.8. The van der Waals surface area contributed by atoms with Gasteiger partial charge in [-0.15, -0.1) is 0 Å². The zero-order valence-electron chi connectivity index (χ0n) is 17.5. The summed E-state index contributed by atoms with van der Waals surface area (Å²) in [6.07, 6.45) is 0.00904. The van der Waals surface area contributed by atoms with Gasteiger partial charge in [-0.2, -0.15) is 0 Å². The van der Waals surface area contributed by atoms with E-state index in [2.05, 4.69) is 24.5 Å². The molecular weight excluding hydrogens is 368 g/mol. The van der Waals surface area contributed by atoms with E-state index in [0.29, 0.717) is 36.1 Å². The van der Waals surface area contributed by atoms with E-state index in [1.54, 1.807) is 38.3 Å². The summed E-state index contributed by atoms with van der Waals surface area (Å²) in [6.45, 7) is 7.00. The second kappa shape index (κ2) is 11.2. The predicted octanol–water partition coefficient (Wildman–Crippen LogP) is 3.98. The number of hydrogen-bond acceptors (Lipinski definition) is 4. The molecule has 0 fully saturated rings. The van der Waals surface area contributed by atoms with E-state index in [4.69, 9.17) is 9.47 Å². The maximum atomic E-state index is 12.6. The molecule has 29 heavy (non-hydrogen) atoms. The quantitative estimate of drug-likeness (QED) is 0.594. The van der Waals surface area contributed by atoms with Gasteiger partial charge in [-0.25, -0.2) is 0 Å². The molecule has 0 aliphatic heterocycles. The Balaban J connectivity index is 1.98. The van der Waals surface area contributed by atoms with Gasteiger partial charge < -0.3 is 20.1 Å². The average Bonchev–Trinajstić information content (AvgIpc) is 2.71. The summed E-state index contributed by atoms with van der Waals surface area (Å²) >= 11 is 0. The van der Waals surface area contributed by atoms with Crippen LogP contribution in [-0.2, 0) is 9.53 Å². The van der Waals surface area contributed by atoms with Gasteiger partial charge in [-0.1, -0.05) is 38.1 Å². The highest BCUT2D eigenvalue weighted by molar-refractivity contribution is 6.04. The van der Waals surface area contributed by atoms with Gasteiger partial charge >= 0.3 is 0 Å². The summed E-state index contributed by atoms with van der Waals surface area (Å²) in [6, 6.07) is 14.6. The fourth-order valence-corrected chi connectivity index (χ4v) is 2.73. The summed E-state index contributed by atoms with van der Waals surface area (Å²) in [5, 5.41) is 5.62. The second-order valence-corrected chi connectivity index (χ2v) is 7.12. The first-order chi connectivity index (χ1) is 13.9. The maximum Gasteiger partial charge on any atom is 0.265 e. The number of nitrogens with one attached hydrogen (secondary N) is 2. The molecule has 6 nitrogen and oxygen atoms in total. The number of rotatable bonds is 10. The summed E-state index contributed by atoms with van der Waals surface area (Å²) < 4.78 is 10.7. The SMILES string of the molecule is COCCCNC(=O)c1ccccc1NC(=O)C(C)Oc1ccc(C(C)C)cc1. The van der Waals surface area contributed by atoms with Crippen molar-refractivity contribution in [3.63, 3.8) is 0 Å². The molecule has 6 heteroatoms. The number of hydrogen-bond donors (Lipinski definition) is 2. The Bertz CT molecular complexity index is 803. The Morgan fingerprint density at radius 1 is 1.00 bits per heavy atom. The van der Waals surface area contributed by atoms with Crippen LogP contribution in [0.3, 0.4) is 0 Å². The highest BCUT2D eigenvalue weighted by atomic mass is 16.5. The van der Waals surface area contributed by atoms with Crippen LogP contribution >= 0.6 is 0 Å². The number of ether oxygens (including phenoxy) is 2. The minimum Gasteiger partial charge on any atom is -0.481 e. The van der Waals surface area contributed by atoms with E-state index in [9.17, 15) is 9.59 Å². The first-order valence-corrected chi connectivity index (χ1v) is 9.86. The van der Waals surface area contributed by atoms with Crippen molar-refractivity contribution < 1.29 is 19.1 Å². The van der Waals surface area contributed by atoms with E-state index < -0.39 is 6.10 Å². The lowest BCUT2D eigenvalue weighted by Crippen LogP contribution is -2.32. The molecule has 1 atom stereocenters. The van der Waals surface area contributed by atoms with E-state index in [1.165, 1.54) is 5.56 Å². The van der Waals surface area contributed by atoms with Crippen molar-refractivity contribution in [1.29, 1.82) is 0 Å². The van der Waals surface area contributed by atoms with Crippen LogP contribution in [0.2, 0.25) is 0 Å². The highest BCUT2D eigenvalue weighted by Gasteiger charge is 2.18. The lowest BCUT2D eigenvalue weighted by atomic mass is 10.0. The molecule has 1 unspecified atom stereocenters. The Morgan fingerprint density at radius 3 is 2.34 bits per heavy atom. The first-order valence-electron chi connectivity index (χ1n) is 9.86. The molecule has 156 valence electrons. The van der Waals surface area contributed by atoms with Crippen molar-refractivity contribution in [2.75, 3.05) is 25.6 Å². The van der Waals surface area contributed by atoms with Gasteiger partial charge in [0.15, 0.2) is 6.10 Å². The van der Waals surface area contributed by atoms with Gasteiger partial charge in [0.25, 0.3) is 11.8 Å². The molecule has 2 rings (SSSR count). The number of amides is 2. The molecule has 0 saturated carbocycles. The van der Waals surface area contributed by atoms with Crippen LogP contribution in [0.15, 0.2) is 48.5 Å². The van der Waals surface area contributed by atoms with Gasteiger partial charge in [-0.05, 0) is 49.1 Å². The van der Waals surface area contributed by atoms with Crippen LogP contribution in [-0.4, -0.2) is 38.2 Å². The average molecular weight is 399 g/mol. The van der Waals surface area contributed by atoms with Crippen molar-refractivity contribution in [3.8, 4) is 5.75 Å². The standard InChI is InChI=1S/C23H30N2O4/c1-16(2)18-10-12-19(13-11-18)29-17(3)22(26)25-21-9-6-5-8-20(21)23(27)24-14-7-15-28-4/h5-6,8-13,16-17H,7,14-15H2,1-4H3,(H,24,27)(H,25,26). The lowest BCUT2D eigenvalue weighted by molar-refractivity contribution is -0.122. The molecule has 2 amide bonds. The van der Waals surface area contributed by atoms with Gasteiger partial charge in [-0.3, -0.25) is 9.59 Å². The molecule has 0 aromatic heterocycles. The molecular formula is C23H30N2O4. The molecule has 2 aromatic rings. The van der Waals surface area contributed by atoms with Crippen molar-refractivity contribution in [2.45, 2.75) is 39.2 Å². The third-order valence-electron chi connectivity index (χ3n) is 4.47. The maximum absolute atomic E-state index is 12.6. The number of para-hydroxylation sites is 1. The monoisotopic (exact) mass is 398 g/mol. The third-order valence-corrected chi connectivity index (χ3v) is 4.47. The summed E-state index contributed by atoms with van der Waals surface area (Å²) in [4.78, 5) is 25.0. The Morgan fingerprint density at radius 2 is 1.69 bits per heavy atom. The lowest BCUT2D eigenvalue weighted by Gasteiger charge is -2.17. The Labute approximate surface area is 172 Å². The molecule has 2 aromatic carbocycles. The summed E-state index contributed by atoms with van der Waals surface area (Å²) in [5.41, 5.74) is 2.07. The molecule has 0 bridgehead atoms. The fraction of sp³-hybridized carbons (Fsp3) is 0.391. The van der Waals surface area contributed by atoms with Crippen LogP contribution in [0.25, 0.3) is 0 Å². The second-order valence-electron chi connectivity index (χ2n) is 7.12. The molecule has 2 N–H and O–H groups in total. The molecule has 0 aliphatic rings. The number of benzene rings is 2. The molecule has 0 saturated heterocycles. The van der Waals surface area contributed by atoms with E-state index >= 15 is 0 Å². The van der Waals surface area contributed by atoms with Crippen molar-refractivity contribution in [3.05, 3.63) is 59.7 Å². The molecule has 0 heterocycles. The van der Waals surface area contributed by atoms with Gasteiger partial charge in [0.2, 0.25) is 0 Å². The smallest absolute Gasteiger partial charge is 0.265 e. The van der Waals surface area contributed by atoms with Crippen molar-refractivity contribution in [1.82, 2.24) is 5.32 Å². The minimum absolute atomic E-state index is 0.241. The predicted molar refractivity (Wildman–Crippen MR) is 115 cm³/mol. The zero-order chi connectivity index (χ0) is 21.2. The number of methoxy groups -OCH3 is 1. The van der Waals surface area contributed by atoms with Crippen LogP contribution in [0.5, 0.6) is 5.75 Å². The van der Waals surface area contributed by atoms with Crippen molar-refractivity contribution >= 4 is 17.5 Å². The van der Waals surface area contributed by atoms with Gasteiger partial charge in [0.1, 0.15) is 5.75 Å². The van der Waals surface area contributed by atoms with E-state index in [0.717, 1.165) is 6.42 Å². The number of carbonyl (C=O) groups excluding carboxylic acids is 2. The van der Waals surface area contributed by atoms with E-state index in [-0.39, 0.29) is 11.8 Å². The first kappa shape index (κ1) is 22.4. The molecule has 0 aliphatic carbocycles. The van der Waals surface area contributed by atoms with Crippen LogP contribution in [0.4, 0.5) is 5.69 Å². The fourth-order valence-electron chi connectivity index (χ4n) is 2.73. The molecule has 0 spiro atoms. The topological polar surface area (TPSA) is 76.7 Å². The van der Waals surface area contributed by atoms with Crippen LogP contribution in [0.1, 0.15) is 49.0 Å². The van der Waals surface area contributed by atoms with Crippen LogP contribution in [0, 0.1) is 0 Å². The van der Waals surface area contributed by atoms with Gasteiger partial charge in [0.05, 0.1) is 11.3 Å². The zero-order valence-corrected chi connectivity index (χ0v) is 17.5. The highest BCUT2D eigenvalue weighted by Crippen LogP contribution is 2.20. The van der Waals surface area contributed by atoms with Crippen LogP contribution < -0.4 is 15.4 Å². The minimum atomic E-state index is -0.710. The van der Waals surface area contributed by atoms with Gasteiger partial charge in [0, 0.05) is 20.3 Å². The Hall–Kier alpha value is -2.86. The van der Waals surface area contributed by atoms with E-state index in [1.807, 2.05) is 24.3 Å². The Kier molecular flexibility index (Phi) is 8.68. The third kappa shape index (κ3) is 6.91.